The fourth-order valence-electron chi connectivity index (χ4n) is 2.69. The van der Waals surface area contributed by atoms with Crippen LogP contribution in [-0.4, -0.2) is 28.5 Å². The van der Waals surface area contributed by atoms with Gasteiger partial charge in [-0.15, -0.1) is 0 Å². The summed E-state index contributed by atoms with van der Waals surface area (Å²) in [6.45, 7) is 0.159. The highest BCUT2D eigenvalue weighted by Crippen LogP contribution is 2.28. The maximum Gasteiger partial charge on any atom is 0.320 e. The van der Waals surface area contributed by atoms with Gasteiger partial charge in [-0.25, -0.2) is 4.98 Å². The maximum absolute atomic E-state index is 12.8. The second-order valence-corrected chi connectivity index (χ2v) is 5.74. The molecular weight excluding hydrogens is 330 g/mol. The van der Waals surface area contributed by atoms with E-state index in [9.17, 15) is 9.59 Å². The van der Waals surface area contributed by atoms with Gasteiger partial charge in [-0.2, -0.15) is 0 Å². The Hall–Kier alpha value is -3.41. The van der Waals surface area contributed by atoms with Crippen LogP contribution in [0.2, 0.25) is 0 Å². The Balaban J connectivity index is 1.85. The number of imidazole rings is 1. The molecule has 0 spiro atoms. The summed E-state index contributed by atoms with van der Waals surface area (Å²) >= 11 is 0. The second kappa shape index (κ2) is 8.11. The van der Waals surface area contributed by atoms with Crippen molar-refractivity contribution >= 4 is 17.6 Å². The van der Waals surface area contributed by atoms with Crippen LogP contribution in [0.4, 0.5) is 5.69 Å². The Labute approximate surface area is 151 Å². The summed E-state index contributed by atoms with van der Waals surface area (Å²) in [5.41, 5.74) is 2.50. The zero-order chi connectivity index (χ0) is 18.4. The largest absolute Gasteiger partial charge is 0.468 e. The van der Waals surface area contributed by atoms with Crippen LogP contribution < -0.4 is 5.32 Å². The van der Waals surface area contributed by atoms with Gasteiger partial charge in [0.2, 0.25) is 5.91 Å². The Morgan fingerprint density at radius 1 is 1.12 bits per heavy atom. The number of nitrogens with one attached hydrogen (secondary N) is 1. The summed E-state index contributed by atoms with van der Waals surface area (Å²) < 4.78 is 6.47. The van der Waals surface area contributed by atoms with Gasteiger partial charge in [0.15, 0.2) is 5.92 Å². The Morgan fingerprint density at radius 3 is 2.54 bits per heavy atom. The number of carbonyl (C=O) groups is 2. The van der Waals surface area contributed by atoms with Gasteiger partial charge in [0.25, 0.3) is 0 Å². The molecule has 0 fully saturated rings. The van der Waals surface area contributed by atoms with Crippen molar-refractivity contribution in [2.45, 2.75) is 6.54 Å². The standard InChI is InChI=1S/C20H19N3O3/c1-26-20(25)17(13-23-12-11-21-14-23)19(24)22-18-10-6-5-9-16(18)15-7-3-2-4-8-15/h2-12,14,17H,13H2,1H3,(H,22,24)/t17-/m0/s1. The van der Waals surface area contributed by atoms with Crippen LogP contribution in [0.3, 0.4) is 0 Å². The molecule has 0 bridgehead atoms. The number of nitrogens with zero attached hydrogens (tertiary/aromatic N) is 2. The number of ether oxygens (including phenoxy) is 1. The Bertz CT molecular complexity index is 876. The third kappa shape index (κ3) is 3.97. The van der Waals surface area contributed by atoms with Crippen molar-refractivity contribution in [3.63, 3.8) is 0 Å². The minimum Gasteiger partial charge on any atom is -0.468 e. The van der Waals surface area contributed by atoms with Crippen LogP contribution in [0, 0.1) is 5.92 Å². The average molecular weight is 349 g/mol. The van der Waals surface area contributed by atoms with Gasteiger partial charge in [0.05, 0.1) is 13.4 Å². The fourth-order valence-corrected chi connectivity index (χ4v) is 2.69. The van der Waals surface area contributed by atoms with E-state index in [2.05, 4.69) is 10.3 Å². The van der Waals surface area contributed by atoms with Crippen LogP contribution in [0.1, 0.15) is 0 Å². The summed E-state index contributed by atoms with van der Waals surface area (Å²) in [7, 11) is 1.27. The van der Waals surface area contributed by atoms with E-state index in [-0.39, 0.29) is 6.54 Å². The van der Waals surface area contributed by atoms with Gasteiger partial charge in [0.1, 0.15) is 0 Å². The number of rotatable bonds is 6. The summed E-state index contributed by atoms with van der Waals surface area (Å²) in [6.07, 6.45) is 4.85. The van der Waals surface area contributed by atoms with Gasteiger partial charge < -0.3 is 14.6 Å². The van der Waals surface area contributed by atoms with Crippen molar-refractivity contribution in [1.82, 2.24) is 9.55 Å². The zero-order valence-electron chi connectivity index (χ0n) is 14.3. The number of methoxy groups -OCH3 is 1. The lowest BCUT2D eigenvalue weighted by molar-refractivity contribution is -0.149. The van der Waals surface area contributed by atoms with E-state index in [1.165, 1.54) is 7.11 Å². The molecule has 0 radical (unpaired) electrons. The molecule has 1 aromatic heterocycles. The molecule has 1 atom stereocenters. The molecule has 6 heteroatoms. The van der Waals surface area contributed by atoms with Crippen LogP contribution >= 0.6 is 0 Å². The number of hydrogen-bond donors (Lipinski definition) is 1. The molecule has 6 nitrogen and oxygen atoms in total. The predicted octanol–water partition coefficient (Wildman–Crippen LogP) is 2.98. The smallest absolute Gasteiger partial charge is 0.320 e. The number of hydrogen-bond acceptors (Lipinski definition) is 4. The monoisotopic (exact) mass is 349 g/mol. The summed E-state index contributed by atoms with van der Waals surface area (Å²) in [4.78, 5) is 28.8. The van der Waals surface area contributed by atoms with Gasteiger partial charge in [-0.3, -0.25) is 9.59 Å². The maximum atomic E-state index is 12.8. The summed E-state index contributed by atoms with van der Waals surface area (Å²) in [5.74, 6) is -1.99. The molecule has 2 aromatic carbocycles. The number of esters is 1. The first kappa shape index (κ1) is 17.4. The summed E-state index contributed by atoms with van der Waals surface area (Å²) in [5, 5.41) is 2.86. The first-order chi connectivity index (χ1) is 12.7. The first-order valence-electron chi connectivity index (χ1n) is 8.18. The third-order valence-electron chi connectivity index (χ3n) is 4.02. The molecule has 0 saturated heterocycles. The predicted molar refractivity (Wildman–Crippen MR) is 98.2 cm³/mol. The van der Waals surface area contributed by atoms with Crippen molar-refractivity contribution < 1.29 is 14.3 Å². The van der Waals surface area contributed by atoms with Crippen LogP contribution in [-0.2, 0) is 20.9 Å². The lowest BCUT2D eigenvalue weighted by Gasteiger charge is -2.17. The number of anilines is 1. The van der Waals surface area contributed by atoms with Crippen LogP contribution in [0.5, 0.6) is 0 Å². The van der Waals surface area contributed by atoms with E-state index >= 15 is 0 Å². The molecule has 0 aliphatic carbocycles. The number of benzene rings is 2. The minimum atomic E-state index is -0.974. The van der Waals surface area contributed by atoms with Gasteiger partial charge in [0, 0.05) is 30.2 Å². The third-order valence-corrected chi connectivity index (χ3v) is 4.02. The van der Waals surface area contributed by atoms with Gasteiger partial charge in [-0.1, -0.05) is 48.5 Å². The number of amides is 1. The molecule has 3 rings (SSSR count). The molecule has 1 N–H and O–H groups in total. The van der Waals surface area contributed by atoms with Crippen molar-refractivity contribution in [1.29, 1.82) is 0 Å². The zero-order valence-corrected chi connectivity index (χ0v) is 14.3. The van der Waals surface area contributed by atoms with Gasteiger partial charge in [-0.05, 0) is 11.6 Å². The quantitative estimate of drug-likeness (QED) is 0.548. The Kier molecular flexibility index (Phi) is 5.43. The van der Waals surface area contributed by atoms with Crippen LogP contribution in [0.15, 0.2) is 73.3 Å². The molecule has 1 amide bonds. The number of aromatic nitrogens is 2. The molecule has 132 valence electrons. The Morgan fingerprint density at radius 2 is 1.85 bits per heavy atom. The highest BCUT2D eigenvalue weighted by atomic mass is 16.5. The van der Waals surface area contributed by atoms with Crippen molar-refractivity contribution in [3.05, 3.63) is 73.3 Å². The SMILES string of the molecule is COC(=O)[C@@H](Cn1ccnc1)C(=O)Nc1ccccc1-c1ccccc1. The molecule has 1 heterocycles. The fraction of sp³-hybridized carbons (Fsp3) is 0.150. The molecule has 3 aromatic rings. The average Bonchev–Trinajstić information content (AvgIpc) is 3.20. The molecule has 26 heavy (non-hydrogen) atoms. The van der Waals surface area contributed by atoms with Crippen LogP contribution in [0.25, 0.3) is 11.1 Å². The van der Waals surface area contributed by atoms with E-state index in [0.29, 0.717) is 5.69 Å². The number of para-hydroxylation sites is 1. The van der Waals surface area contributed by atoms with E-state index in [0.717, 1.165) is 11.1 Å². The highest BCUT2D eigenvalue weighted by Gasteiger charge is 2.28. The van der Waals surface area contributed by atoms with Crippen molar-refractivity contribution in [3.8, 4) is 11.1 Å². The minimum absolute atomic E-state index is 0.159. The van der Waals surface area contributed by atoms with E-state index in [4.69, 9.17) is 4.74 Å². The van der Waals surface area contributed by atoms with E-state index in [1.807, 2.05) is 54.6 Å². The number of carbonyl (C=O) groups excluding carboxylic acids is 2. The van der Waals surface area contributed by atoms with Crippen molar-refractivity contribution in [2.24, 2.45) is 5.92 Å². The van der Waals surface area contributed by atoms with E-state index < -0.39 is 17.8 Å². The summed E-state index contributed by atoms with van der Waals surface area (Å²) in [6, 6.07) is 17.2. The topological polar surface area (TPSA) is 73.2 Å². The molecule has 0 saturated carbocycles. The lowest BCUT2D eigenvalue weighted by Crippen LogP contribution is -2.34. The highest BCUT2D eigenvalue weighted by molar-refractivity contribution is 6.06. The first-order valence-corrected chi connectivity index (χ1v) is 8.18. The normalized spacial score (nSPS) is 11.6. The van der Waals surface area contributed by atoms with E-state index in [1.54, 1.807) is 23.3 Å². The molecule has 0 aliphatic rings. The molecule has 0 unspecified atom stereocenters. The molecule has 0 aliphatic heterocycles. The second-order valence-electron chi connectivity index (χ2n) is 5.74. The van der Waals surface area contributed by atoms with Crippen molar-refractivity contribution in [2.75, 3.05) is 12.4 Å². The lowest BCUT2D eigenvalue weighted by atomic mass is 10.0. The molecular formula is C20H19N3O3. The van der Waals surface area contributed by atoms with Gasteiger partial charge >= 0.3 is 5.97 Å².